The molecule has 0 fully saturated rings. The summed E-state index contributed by atoms with van der Waals surface area (Å²) < 4.78 is 5.37. The van der Waals surface area contributed by atoms with Crippen LogP contribution in [0, 0.1) is 20.8 Å². The third-order valence-corrected chi connectivity index (χ3v) is 3.79. The van der Waals surface area contributed by atoms with Crippen molar-refractivity contribution < 1.29 is 4.42 Å². The van der Waals surface area contributed by atoms with Crippen LogP contribution in [-0.2, 0) is 0 Å². The molecule has 1 heterocycles. The molecule has 19 heavy (non-hydrogen) atoms. The first-order valence-corrected chi connectivity index (χ1v) is 7.25. The second-order valence-corrected chi connectivity index (χ2v) is 5.63. The summed E-state index contributed by atoms with van der Waals surface area (Å²) in [6, 6.07) is 6.89. The lowest BCUT2D eigenvalue weighted by atomic mass is 10.0. The third-order valence-electron chi connectivity index (χ3n) is 2.88. The van der Waals surface area contributed by atoms with Crippen LogP contribution in [0.3, 0.4) is 0 Å². The summed E-state index contributed by atoms with van der Waals surface area (Å²) in [4.78, 5) is 0. The lowest BCUT2D eigenvalue weighted by Crippen LogP contribution is -2.19. The number of aryl methyl sites for hydroxylation is 3. The largest absolute Gasteiger partial charge is 0.416 e. The normalized spacial score (nSPS) is 12.6. The topological polar surface area (TPSA) is 51.0 Å². The van der Waals surface area contributed by atoms with Gasteiger partial charge in [-0.25, -0.2) is 0 Å². The van der Waals surface area contributed by atoms with E-state index >= 15 is 0 Å². The molecular weight excluding hydrogens is 258 g/mol. The van der Waals surface area contributed by atoms with Crippen LogP contribution in [0.5, 0.6) is 0 Å². The van der Waals surface area contributed by atoms with Gasteiger partial charge in [0.05, 0.1) is 0 Å². The van der Waals surface area contributed by atoms with Crippen LogP contribution in [0.25, 0.3) is 0 Å². The highest BCUT2D eigenvalue weighted by atomic mass is 32.2. The van der Waals surface area contributed by atoms with Gasteiger partial charge in [0.1, 0.15) is 0 Å². The average molecular weight is 277 g/mol. The Morgan fingerprint density at radius 3 is 2.37 bits per heavy atom. The molecule has 0 aliphatic rings. The van der Waals surface area contributed by atoms with Crippen molar-refractivity contribution in [2.75, 3.05) is 12.8 Å². The van der Waals surface area contributed by atoms with Crippen LogP contribution in [0.1, 0.15) is 28.6 Å². The first kappa shape index (κ1) is 14.1. The summed E-state index contributed by atoms with van der Waals surface area (Å²) >= 11 is 1.58. The summed E-state index contributed by atoms with van der Waals surface area (Å²) in [5.74, 6) is 1.47. The fourth-order valence-corrected chi connectivity index (χ4v) is 3.00. The maximum atomic E-state index is 5.37. The van der Waals surface area contributed by atoms with Crippen LogP contribution >= 0.6 is 11.8 Å². The highest BCUT2D eigenvalue weighted by Crippen LogP contribution is 2.24. The molecule has 1 unspecified atom stereocenters. The molecule has 4 nitrogen and oxygen atoms in total. The SMILES string of the molecule is CNC(CSc1nnc(C)o1)c1cc(C)cc(C)c1. The number of nitrogens with zero attached hydrogens (tertiary/aromatic N) is 2. The predicted molar refractivity (Wildman–Crippen MR) is 77.5 cm³/mol. The molecule has 0 saturated carbocycles. The van der Waals surface area contributed by atoms with E-state index in [1.165, 1.54) is 16.7 Å². The van der Waals surface area contributed by atoms with Crippen molar-refractivity contribution in [1.29, 1.82) is 0 Å². The number of hydrogen-bond acceptors (Lipinski definition) is 5. The fraction of sp³-hybridized carbons (Fsp3) is 0.429. The molecule has 1 aromatic carbocycles. The van der Waals surface area contributed by atoms with Gasteiger partial charge in [0.2, 0.25) is 5.89 Å². The minimum absolute atomic E-state index is 0.274. The summed E-state index contributed by atoms with van der Waals surface area (Å²) in [6.07, 6.45) is 0. The standard InChI is InChI=1S/C14H19N3OS/c1-9-5-10(2)7-12(6-9)13(15-4)8-19-14-17-16-11(3)18-14/h5-7,13,15H,8H2,1-4H3. The first-order valence-electron chi connectivity index (χ1n) is 6.27. The van der Waals surface area contributed by atoms with E-state index in [9.17, 15) is 0 Å². The van der Waals surface area contributed by atoms with Crippen LogP contribution in [-0.4, -0.2) is 23.0 Å². The zero-order chi connectivity index (χ0) is 13.8. The number of benzene rings is 1. The van der Waals surface area contributed by atoms with E-state index in [4.69, 9.17) is 4.42 Å². The van der Waals surface area contributed by atoms with E-state index in [1.807, 2.05) is 7.05 Å². The molecule has 0 aliphatic carbocycles. The van der Waals surface area contributed by atoms with Gasteiger partial charge in [-0.3, -0.25) is 0 Å². The molecule has 0 radical (unpaired) electrons. The molecule has 0 spiro atoms. The quantitative estimate of drug-likeness (QED) is 0.851. The van der Waals surface area contributed by atoms with E-state index in [-0.39, 0.29) is 6.04 Å². The van der Waals surface area contributed by atoms with Gasteiger partial charge in [-0.2, -0.15) is 0 Å². The molecule has 0 aliphatic heterocycles. The summed E-state index contributed by atoms with van der Waals surface area (Å²) in [6.45, 7) is 6.05. The van der Waals surface area contributed by atoms with Gasteiger partial charge in [-0.15, -0.1) is 10.2 Å². The van der Waals surface area contributed by atoms with E-state index in [0.717, 1.165) is 5.75 Å². The lowest BCUT2D eigenvalue weighted by Gasteiger charge is -2.16. The Balaban J connectivity index is 2.07. The van der Waals surface area contributed by atoms with E-state index < -0.39 is 0 Å². The molecule has 1 atom stereocenters. The van der Waals surface area contributed by atoms with Crippen molar-refractivity contribution in [3.05, 3.63) is 40.8 Å². The Kier molecular flexibility index (Phi) is 4.61. The molecule has 2 rings (SSSR count). The molecule has 0 saturated heterocycles. The Bertz CT molecular complexity index is 533. The third kappa shape index (κ3) is 3.81. The van der Waals surface area contributed by atoms with Gasteiger partial charge in [-0.05, 0) is 26.5 Å². The molecule has 1 N–H and O–H groups in total. The minimum Gasteiger partial charge on any atom is -0.416 e. The van der Waals surface area contributed by atoms with Gasteiger partial charge in [0, 0.05) is 18.7 Å². The van der Waals surface area contributed by atoms with Crippen molar-refractivity contribution in [3.63, 3.8) is 0 Å². The minimum atomic E-state index is 0.274. The summed E-state index contributed by atoms with van der Waals surface area (Å²) in [5, 5.41) is 11.8. The number of rotatable bonds is 5. The molecule has 2 aromatic rings. The van der Waals surface area contributed by atoms with E-state index in [0.29, 0.717) is 11.1 Å². The molecule has 5 heteroatoms. The van der Waals surface area contributed by atoms with Crippen molar-refractivity contribution in [1.82, 2.24) is 15.5 Å². The number of hydrogen-bond donors (Lipinski definition) is 1. The Morgan fingerprint density at radius 1 is 1.16 bits per heavy atom. The van der Waals surface area contributed by atoms with Crippen LogP contribution in [0.15, 0.2) is 27.8 Å². The van der Waals surface area contributed by atoms with Crippen molar-refractivity contribution in [3.8, 4) is 0 Å². The molecule has 1 aromatic heterocycles. The predicted octanol–water partition coefficient (Wildman–Crippen LogP) is 3.05. The Morgan fingerprint density at radius 2 is 1.84 bits per heavy atom. The molecule has 0 bridgehead atoms. The second kappa shape index (κ2) is 6.21. The average Bonchev–Trinajstić information content (AvgIpc) is 2.75. The highest BCUT2D eigenvalue weighted by Gasteiger charge is 2.13. The van der Waals surface area contributed by atoms with Crippen LogP contribution in [0.2, 0.25) is 0 Å². The van der Waals surface area contributed by atoms with E-state index in [2.05, 4.69) is 47.6 Å². The zero-order valence-electron chi connectivity index (χ0n) is 11.7. The maximum absolute atomic E-state index is 5.37. The molecular formula is C14H19N3OS. The zero-order valence-corrected chi connectivity index (χ0v) is 12.5. The Labute approximate surface area is 118 Å². The smallest absolute Gasteiger partial charge is 0.276 e. The number of nitrogens with one attached hydrogen (secondary N) is 1. The fourth-order valence-electron chi connectivity index (χ4n) is 2.05. The van der Waals surface area contributed by atoms with Crippen LogP contribution < -0.4 is 5.32 Å². The number of aromatic nitrogens is 2. The van der Waals surface area contributed by atoms with Crippen molar-refractivity contribution in [2.45, 2.75) is 32.0 Å². The van der Waals surface area contributed by atoms with Crippen LogP contribution in [0.4, 0.5) is 0 Å². The highest BCUT2D eigenvalue weighted by molar-refractivity contribution is 7.99. The van der Waals surface area contributed by atoms with Gasteiger partial charge in [-0.1, -0.05) is 41.1 Å². The summed E-state index contributed by atoms with van der Waals surface area (Å²) in [7, 11) is 1.97. The molecule has 0 amide bonds. The second-order valence-electron chi connectivity index (χ2n) is 4.66. The lowest BCUT2D eigenvalue weighted by molar-refractivity contribution is 0.428. The van der Waals surface area contributed by atoms with Gasteiger partial charge >= 0.3 is 0 Å². The Hall–Kier alpha value is -1.33. The summed E-state index contributed by atoms with van der Waals surface area (Å²) in [5.41, 5.74) is 3.87. The number of thioether (sulfide) groups is 1. The van der Waals surface area contributed by atoms with Crippen molar-refractivity contribution in [2.24, 2.45) is 0 Å². The van der Waals surface area contributed by atoms with E-state index in [1.54, 1.807) is 18.7 Å². The maximum Gasteiger partial charge on any atom is 0.276 e. The van der Waals surface area contributed by atoms with Gasteiger partial charge < -0.3 is 9.73 Å². The monoisotopic (exact) mass is 277 g/mol. The van der Waals surface area contributed by atoms with Gasteiger partial charge in [0.25, 0.3) is 5.22 Å². The van der Waals surface area contributed by atoms with Gasteiger partial charge in [0.15, 0.2) is 0 Å². The van der Waals surface area contributed by atoms with Crippen molar-refractivity contribution >= 4 is 11.8 Å². The molecule has 102 valence electrons. The first-order chi connectivity index (χ1) is 9.08.